The number of nitrogens with one attached hydrogen (secondary N) is 2. The van der Waals surface area contributed by atoms with E-state index in [1.165, 1.54) is 21.6 Å². The van der Waals surface area contributed by atoms with Crippen LogP contribution in [0, 0.1) is 0 Å². The van der Waals surface area contributed by atoms with Crippen LogP contribution in [0.25, 0.3) is 11.3 Å². The number of benzene rings is 1. The van der Waals surface area contributed by atoms with Crippen LogP contribution in [0.1, 0.15) is 10.5 Å². The summed E-state index contributed by atoms with van der Waals surface area (Å²) in [5.41, 5.74) is 7.36. The number of sulfonamides is 1. The molecule has 1 saturated heterocycles. The maximum absolute atomic E-state index is 12.9. The zero-order valence-corrected chi connectivity index (χ0v) is 18.3. The highest BCUT2D eigenvalue weighted by molar-refractivity contribution is 7.89. The van der Waals surface area contributed by atoms with Crippen LogP contribution < -0.4 is 16.0 Å². The summed E-state index contributed by atoms with van der Waals surface area (Å²) in [6.07, 6.45) is 4.55. The van der Waals surface area contributed by atoms with Crippen molar-refractivity contribution in [2.75, 3.05) is 44.3 Å². The molecule has 0 bridgehead atoms. The zero-order valence-electron chi connectivity index (χ0n) is 17.5. The summed E-state index contributed by atoms with van der Waals surface area (Å²) in [7, 11) is -1.50. The minimum absolute atomic E-state index is 0.00784. The smallest absolute Gasteiger partial charge is 0.278 e. The predicted octanol–water partition coefficient (Wildman–Crippen LogP) is -0.108. The van der Waals surface area contributed by atoms with Crippen molar-refractivity contribution in [3.05, 3.63) is 60.7 Å². The monoisotopic (exact) mass is 454 g/mol. The first-order valence-corrected chi connectivity index (χ1v) is 11.5. The summed E-state index contributed by atoms with van der Waals surface area (Å²) >= 11 is 0. The van der Waals surface area contributed by atoms with Crippen LogP contribution in [0.5, 0.6) is 0 Å². The van der Waals surface area contributed by atoms with Crippen molar-refractivity contribution < 1.29 is 18.1 Å². The molecule has 4 N–H and O–H groups in total. The lowest BCUT2D eigenvalue weighted by Gasteiger charge is -2.29. The molecular weight excluding hydrogens is 430 g/mol. The van der Waals surface area contributed by atoms with Crippen LogP contribution in [-0.2, 0) is 10.0 Å². The van der Waals surface area contributed by atoms with Crippen LogP contribution in [0.15, 0.2) is 59.9 Å². The van der Waals surface area contributed by atoms with Crippen molar-refractivity contribution in [3.63, 3.8) is 0 Å². The lowest BCUT2D eigenvalue weighted by atomic mass is 10.1. The first-order valence-electron chi connectivity index (χ1n) is 10.1. The maximum Gasteiger partial charge on any atom is 0.278 e. The molecule has 0 aliphatic carbocycles. The van der Waals surface area contributed by atoms with Crippen molar-refractivity contribution in [2.45, 2.75) is 4.90 Å². The number of quaternary nitrogens is 1. The molecule has 10 nitrogen and oxygen atoms in total. The van der Waals surface area contributed by atoms with Gasteiger partial charge in [0.1, 0.15) is 0 Å². The van der Waals surface area contributed by atoms with Gasteiger partial charge in [-0.25, -0.2) is 18.4 Å². The summed E-state index contributed by atoms with van der Waals surface area (Å²) in [6, 6.07) is 9.78. The standard InChI is InChI=1S/C21H23N7O3S/c1-27-9-11-28(12-10-27)32(30,31)17-6-4-15(5-7-17)18-14-24-20(22)19(26-18)21(29)25-16-3-2-8-23-13-16/h2-8,13-14H,9-12H2,1H3,(H2,22,24)(H,25,29)/p+1. The Bertz CT molecular complexity index is 1210. The van der Waals surface area contributed by atoms with Gasteiger partial charge in [-0.2, -0.15) is 4.31 Å². The fourth-order valence-electron chi connectivity index (χ4n) is 3.39. The topological polar surface area (TPSA) is 136 Å². The Balaban J connectivity index is 1.55. The average molecular weight is 455 g/mol. The molecule has 0 saturated carbocycles. The summed E-state index contributed by atoms with van der Waals surface area (Å²) in [6.45, 7) is 2.55. The van der Waals surface area contributed by atoms with Gasteiger partial charge in [-0.3, -0.25) is 9.78 Å². The number of carbonyl (C=O) groups is 1. The molecule has 1 aliphatic heterocycles. The number of hydrogen-bond donors (Lipinski definition) is 3. The van der Waals surface area contributed by atoms with Crippen LogP contribution >= 0.6 is 0 Å². The predicted molar refractivity (Wildman–Crippen MR) is 119 cm³/mol. The van der Waals surface area contributed by atoms with Gasteiger partial charge in [0.05, 0.1) is 61.9 Å². The molecule has 1 fully saturated rings. The lowest BCUT2D eigenvalue weighted by Crippen LogP contribution is -3.12. The van der Waals surface area contributed by atoms with E-state index in [1.807, 2.05) is 0 Å². The summed E-state index contributed by atoms with van der Waals surface area (Å²) in [5, 5.41) is 2.68. The molecule has 0 unspecified atom stereocenters. The molecule has 4 rings (SSSR count). The van der Waals surface area contributed by atoms with Crippen LogP contribution in [0.3, 0.4) is 0 Å². The Kier molecular flexibility index (Phi) is 6.12. The van der Waals surface area contributed by atoms with E-state index >= 15 is 0 Å². The number of nitrogens with zero attached hydrogens (tertiary/aromatic N) is 4. The van der Waals surface area contributed by atoms with Crippen molar-refractivity contribution in [1.82, 2.24) is 19.3 Å². The molecule has 0 spiro atoms. The van der Waals surface area contributed by atoms with Gasteiger partial charge in [0, 0.05) is 11.8 Å². The van der Waals surface area contributed by atoms with Crippen molar-refractivity contribution in [3.8, 4) is 11.3 Å². The molecule has 1 amide bonds. The molecule has 11 heteroatoms. The van der Waals surface area contributed by atoms with E-state index in [0.717, 1.165) is 13.1 Å². The molecule has 3 heterocycles. The van der Waals surface area contributed by atoms with Crippen LogP contribution in [-0.4, -0.2) is 66.8 Å². The summed E-state index contributed by atoms with van der Waals surface area (Å²) in [5.74, 6) is -0.521. The Hall–Kier alpha value is -3.41. The van der Waals surface area contributed by atoms with Crippen LogP contribution in [0.4, 0.5) is 11.5 Å². The molecule has 0 radical (unpaired) electrons. The van der Waals surface area contributed by atoms with Gasteiger partial charge in [-0.05, 0) is 24.3 Å². The number of amides is 1. The first kappa shape index (κ1) is 21.8. The Morgan fingerprint density at radius 2 is 1.84 bits per heavy atom. The number of carbonyl (C=O) groups excluding carboxylic acids is 1. The number of pyridine rings is 1. The van der Waals surface area contributed by atoms with Crippen molar-refractivity contribution in [2.24, 2.45) is 0 Å². The molecule has 2 aromatic heterocycles. The Morgan fingerprint density at radius 1 is 1.12 bits per heavy atom. The minimum Gasteiger partial charge on any atom is -0.382 e. The fraction of sp³-hybridized carbons (Fsp3) is 0.238. The third-order valence-corrected chi connectivity index (χ3v) is 7.21. The van der Waals surface area contributed by atoms with E-state index in [4.69, 9.17) is 5.73 Å². The quantitative estimate of drug-likeness (QED) is 0.489. The molecule has 1 aromatic carbocycles. The van der Waals surface area contributed by atoms with E-state index in [9.17, 15) is 13.2 Å². The van der Waals surface area contributed by atoms with Crippen molar-refractivity contribution in [1.29, 1.82) is 0 Å². The number of rotatable bonds is 5. The van der Waals surface area contributed by atoms with E-state index < -0.39 is 15.9 Å². The number of nitrogens with two attached hydrogens (primary N) is 1. The molecular formula is C21H24N7O3S+. The number of anilines is 2. The number of piperazine rings is 1. The van der Waals surface area contributed by atoms with E-state index in [2.05, 4.69) is 27.3 Å². The second-order valence-electron chi connectivity index (χ2n) is 7.57. The van der Waals surface area contributed by atoms with Gasteiger partial charge in [0.2, 0.25) is 10.0 Å². The minimum atomic E-state index is -3.55. The number of hydrogen-bond acceptors (Lipinski definition) is 7. The van der Waals surface area contributed by atoms with Crippen LogP contribution in [0.2, 0.25) is 0 Å². The third-order valence-electron chi connectivity index (χ3n) is 5.30. The molecule has 32 heavy (non-hydrogen) atoms. The fourth-order valence-corrected chi connectivity index (χ4v) is 4.83. The normalized spacial score (nSPS) is 15.4. The van der Waals surface area contributed by atoms with Gasteiger partial charge in [0.25, 0.3) is 5.91 Å². The Labute approximate surface area is 186 Å². The second-order valence-corrected chi connectivity index (χ2v) is 9.51. The molecule has 3 aromatic rings. The largest absolute Gasteiger partial charge is 0.382 e. The number of nitrogen functional groups attached to an aromatic ring is 1. The average Bonchev–Trinajstić information content (AvgIpc) is 2.80. The summed E-state index contributed by atoms with van der Waals surface area (Å²) < 4.78 is 27.3. The molecule has 166 valence electrons. The highest BCUT2D eigenvalue weighted by Crippen LogP contribution is 2.23. The highest BCUT2D eigenvalue weighted by Gasteiger charge is 2.29. The third kappa shape index (κ3) is 4.59. The van der Waals surface area contributed by atoms with Gasteiger partial charge in [0.15, 0.2) is 11.5 Å². The highest BCUT2D eigenvalue weighted by atomic mass is 32.2. The summed E-state index contributed by atoms with van der Waals surface area (Å²) in [4.78, 5) is 26.5. The Morgan fingerprint density at radius 3 is 2.50 bits per heavy atom. The number of likely N-dealkylation sites (N-methyl/N-ethyl adjacent to an activating group) is 1. The zero-order chi connectivity index (χ0) is 22.7. The number of aromatic nitrogens is 3. The lowest BCUT2D eigenvalue weighted by molar-refractivity contribution is -0.883. The maximum atomic E-state index is 12.9. The van der Waals surface area contributed by atoms with E-state index in [-0.39, 0.29) is 16.4 Å². The van der Waals surface area contributed by atoms with Gasteiger partial charge < -0.3 is 16.0 Å². The van der Waals surface area contributed by atoms with Gasteiger partial charge in [-0.1, -0.05) is 12.1 Å². The van der Waals surface area contributed by atoms with Crippen molar-refractivity contribution >= 4 is 27.4 Å². The first-order chi connectivity index (χ1) is 15.3. The second kappa shape index (κ2) is 8.99. The SMILES string of the molecule is C[NH+]1CCN(S(=O)(=O)c2ccc(-c3cnc(N)c(C(=O)Nc4cccnc4)n3)cc2)CC1. The molecule has 1 aliphatic rings. The van der Waals surface area contributed by atoms with Gasteiger partial charge >= 0.3 is 0 Å². The molecule has 0 atom stereocenters. The van der Waals surface area contributed by atoms with E-state index in [0.29, 0.717) is 30.0 Å². The van der Waals surface area contributed by atoms with Gasteiger partial charge in [-0.15, -0.1) is 0 Å². The van der Waals surface area contributed by atoms with E-state index in [1.54, 1.807) is 42.6 Å².